The van der Waals surface area contributed by atoms with Crippen LogP contribution in [-0.4, -0.2) is 10.1 Å². The molecule has 0 saturated heterocycles. The third kappa shape index (κ3) is 2.81. The summed E-state index contributed by atoms with van der Waals surface area (Å²) in [6.07, 6.45) is 0. The highest BCUT2D eigenvalue weighted by Gasteiger charge is 2.13. The lowest BCUT2D eigenvalue weighted by Crippen LogP contribution is -2.18. The molecule has 1 heterocycles. The van der Waals surface area contributed by atoms with E-state index in [1.54, 1.807) is 36.4 Å². The topological polar surface area (TPSA) is 64.1 Å². The van der Waals surface area contributed by atoms with E-state index in [0.29, 0.717) is 32.6 Å². The SMILES string of the molecule is NC(=S)Nc1ccc2oc(-c3cccc(Cl)c3Cl)nc2c1. The molecule has 1 aromatic heterocycles. The van der Waals surface area contributed by atoms with Crippen LogP contribution in [0, 0.1) is 0 Å². The standard InChI is InChI=1S/C14H9Cl2N3OS/c15-9-3-1-2-8(12(9)16)13-19-10-6-7(18-14(17)21)4-5-11(10)20-13/h1-6H,(H3,17,18,21). The normalized spacial score (nSPS) is 10.8. The number of thiocarbonyl (C=S) groups is 1. The smallest absolute Gasteiger partial charge is 0.228 e. The summed E-state index contributed by atoms with van der Waals surface area (Å²) in [7, 11) is 0. The molecule has 7 heteroatoms. The first-order valence-electron chi connectivity index (χ1n) is 5.96. The van der Waals surface area contributed by atoms with Gasteiger partial charge in [0, 0.05) is 5.69 Å². The zero-order chi connectivity index (χ0) is 15.0. The number of anilines is 1. The van der Waals surface area contributed by atoms with Gasteiger partial charge in [0.15, 0.2) is 10.7 Å². The summed E-state index contributed by atoms with van der Waals surface area (Å²) >= 11 is 17.0. The van der Waals surface area contributed by atoms with Crippen molar-refractivity contribution in [1.82, 2.24) is 4.98 Å². The Labute approximate surface area is 135 Å². The highest BCUT2D eigenvalue weighted by molar-refractivity contribution is 7.80. The summed E-state index contributed by atoms with van der Waals surface area (Å²) in [4.78, 5) is 4.42. The first kappa shape index (κ1) is 14.1. The fourth-order valence-electron chi connectivity index (χ4n) is 1.93. The average Bonchev–Trinajstić information content (AvgIpc) is 2.84. The van der Waals surface area contributed by atoms with Crippen LogP contribution < -0.4 is 11.1 Å². The van der Waals surface area contributed by atoms with Gasteiger partial charge < -0.3 is 15.5 Å². The van der Waals surface area contributed by atoms with Gasteiger partial charge in [0.2, 0.25) is 5.89 Å². The lowest BCUT2D eigenvalue weighted by atomic mass is 10.2. The molecular formula is C14H9Cl2N3OS. The van der Waals surface area contributed by atoms with E-state index in [4.69, 9.17) is 45.6 Å². The lowest BCUT2D eigenvalue weighted by Gasteiger charge is -2.01. The van der Waals surface area contributed by atoms with Crippen molar-refractivity contribution in [2.75, 3.05) is 5.32 Å². The Morgan fingerprint density at radius 3 is 2.81 bits per heavy atom. The molecule has 0 bridgehead atoms. The molecule has 0 aliphatic carbocycles. The molecule has 0 unspecified atom stereocenters. The number of oxazole rings is 1. The molecule has 0 aliphatic rings. The van der Waals surface area contributed by atoms with Crippen LogP contribution in [0.4, 0.5) is 5.69 Å². The number of hydrogen-bond acceptors (Lipinski definition) is 3. The van der Waals surface area contributed by atoms with Gasteiger partial charge in [0.1, 0.15) is 5.52 Å². The maximum Gasteiger partial charge on any atom is 0.228 e. The van der Waals surface area contributed by atoms with Gasteiger partial charge in [-0.1, -0.05) is 29.3 Å². The van der Waals surface area contributed by atoms with Crippen LogP contribution in [0.1, 0.15) is 0 Å². The summed E-state index contributed by atoms with van der Waals surface area (Å²) in [6.45, 7) is 0. The average molecular weight is 338 g/mol. The zero-order valence-electron chi connectivity index (χ0n) is 10.6. The van der Waals surface area contributed by atoms with Gasteiger partial charge in [0.05, 0.1) is 15.6 Å². The number of halogens is 2. The molecular weight excluding hydrogens is 329 g/mol. The minimum absolute atomic E-state index is 0.191. The quantitative estimate of drug-likeness (QED) is 0.676. The second kappa shape index (κ2) is 5.52. The van der Waals surface area contributed by atoms with Crippen LogP contribution in [0.25, 0.3) is 22.6 Å². The fraction of sp³-hybridized carbons (Fsp3) is 0. The number of fused-ring (bicyclic) bond motifs is 1. The molecule has 2 aromatic carbocycles. The lowest BCUT2D eigenvalue weighted by molar-refractivity contribution is 0.620. The number of rotatable bonds is 2. The predicted octanol–water partition coefficient (Wildman–Crippen LogP) is 4.46. The molecule has 106 valence electrons. The number of nitrogens with zero attached hydrogens (tertiary/aromatic N) is 1. The van der Waals surface area contributed by atoms with Gasteiger partial charge in [-0.3, -0.25) is 0 Å². The zero-order valence-corrected chi connectivity index (χ0v) is 12.9. The minimum atomic E-state index is 0.191. The summed E-state index contributed by atoms with van der Waals surface area (Å²) in [5.74, 6) is 0.407. The molecule has 0 atom stereocenters. The van der Waals surface area contributed by atoms with Gasteiger partial charge in [-0.15, -0.1) is 0 Å². The Kier molecular flexibility index (Phi) is 3.71. The molecule has 3 rings (SSSR count). The molecule has 0 fully saturated rings. The fourth-order valence-corrected chi connectivity index (χ4v) is 2.43. The first-order valence-corrected chi connectivity index (χ1v) is 7.12. The van der Waals surface area contributed by atoms with Crippen LogP contribution >= 0.6 is 35.4 Å². The molecule has 21 heavy (non-hydrogen) atoms. The number of nitrogens with two attached hydrogens (primary N) is 1. The van der Waals surface area contributed by atoms with Crippen LogP contribution in [0.15, 0.2) is 40.8 Å². The van der Waals surface area contributed by atoms with Gasteiger partial charge >= 0.3 is 0 Å². The van der Waals surface area contributed by atoms with Crippen molar-refractivity contribution >= 4 is 57.3 Å². The molecule has 4 nitrogen and oxygen atoms in total. The first-order chi connectivity index (χ1) is 10.0. The van der Waals surface area contributed by atoms with Crippen molar-refractivity contribution in [1.29, 1.82) is 0 Å². The third-order valence-electron chi connectivity index (χ3n) is 2.84. The monoisotopic (exact) mass is 337 g/mol. The molecule has 0 radical (unpaired) electrons. The van der Waals surface area contributed by atoms with Gasteiger partial charge in [0.25, 0.3) is 0 Å². The second-order valence-electron chi connectivity index (χ2n) is 4.29. The maximum atomic E-state index is 6.18. The predicted molar refractivity (Wildman–Crippen MR) is 89.9 cm³/mol. The molecule has 0 aliphatic heterocycles. The summed E-state index contributed by atoms with van der Waals surface area (Å²) < 4.78 is 5.70. The van der Waals surface area contributed by atoms with Crippen LogP contribution in [0.5, 0.6) is 0 Å². The Balaban J connectivity index is 2.08. The van der Waals surface area contributed by atoms with E-state index in [9.17, 15) is 0 Å². The van der Waals surface area contributed by atoms with E-state index in [1.807, 2.05) is 0 Å². The van der Waals surface area contributed by atoms with Crippen molar-refractivity contribution < 1.29 is 4.42 Å². The molecule has 0 spiro atoms. The van der Waals surface area contributed by atoms with E-state index < -0.39 is 0 Å². The summed E-state index contributed by atoms with van der Waals surface area (Å²) in [5.41, 5.74) is 8.13. The minimum Gasteiger partial charge on any atom is -0.436 e. The van der Waals surface area contributed by atoms with E-state index >= 15 is 0 Å². The van der Waals surface area contributed by atoms with Crippen molar-refractivity contribution in [3.8, 4) is 11.5 Å². The Bertz CT molecular complexity index is 847. The Morgan fingerprint density at radius 1 is 1.24 bits per heavy atom. The van der Waals surface area contributed by atoms with E-state index in [2.05, 4.69) is 10.3 Å². The molecule has 0 amide bonds. The Hall–Kier alpha value is -1.82. The summed E-state index contributed by atoms with van der Waals surface area (Å²) in [5, 5.41) is 3.90. The molecule has 3 aromatic rings. The van der Waals surface area contributed by atoms with Crippen molar-refractivity contribution in [2.24, 2.45) is 5.73 Å². The third-order valence-corrected chi connectivity index (χ3v) is 3.76. The maximum absolute atomic E-state index is 6.18. The van der Waals surface area contributed by atoms with Crippen LogP contribution in [0.3, 0.4) is 0 Å². The molecule has 0 saturated carbocycles. The van der Waals surface area contributed by atoms with Gasteiger partial charge in [-0.25, -0.2) is 4.98 Å². The van der Waals surface area contributed by atoms with E-state index in [1.165, 1.54) is 0 Å². The highest BCUT2D eigenvalue weighted by atomic mass is 35.5. The number of benzene rings is 2. The number of aromatic nitrogens is 1. The van der Waals surface area contributed by atoms with Crippen molar-refractivity contribution in [3.05, 3.63) is 46.4 Å². The number of nitrogens with one attached hydrogen (secondary N) is 1. The van der Waals surface area contributed by atoms with Crippen molar-refractivity contribution in [3.63, 3.8) is 0 Å². The van der Waals surface area contributed by atoms with Crippen LogP contribution in [0.2, 0.25) is 10.0 Å². The largest absolute Gasteiger partial charge is 0.436 e. The van der Waals surface area contributed by atoms with Crippen LogP contribution in [-0.2, 0) is 0 Å². The van der Waals surface area contributed by atoms with Gasteiger partial charge in [-0.05, 0) is 42.5 Å². The van der Waals surface area contributed by atoms with E-state index in [-0.39, 0.29) is 5.11 Å². The number of hydrogen-bond donors (Lipinski definition) is 2. The van der Waals surface area contributed by atoms with E-state index in [0.717, 1.165) is 5.69 Å². The highest BCUT2D eigenvalue weighted by Crippen LogP contribution is 2.34. The van der Waals surface area contributed by atoms with Gasteiger partial charge in [-0.2, -0.15) is 0 Å². The second-order valence-corrected chi connectivity index (χ2v) is 5.52. The Morgan fingerprint density at radius 2 is 2.05 bits per heavy atom. The molecule has 3 N–H and O–H groups in total. The summed E-state index contributed by atoms with van der Waals surface area (Å²) in [6, 6.07) is 10.7. The van der Waals surface area contributed by atoms with Crippen molar-refractivity contribution in [2.45, 2.75) is 0 Å².